The number of hydrogen-bond donors (Lipinski definition) is 2. The largest absolute Gasteiger partial charge is 0.383 e. The molecule has 0 radical (unpaired) electrons. The summed E-state index contributed by atoms with van der Waals surface area (Å²) in [6, 6.07) is -0.157. The minimum Gasteiger partial charge on any atom is -0.383 e. The predicted molar refractivity (Wildman–Crippen MR) is 115 cm³/mol. The maximum absolute atomic E-state index is 12.4. The van der Waals surface area contributed by atoms with Crippen LogP contribution in [0.4, 0.5) is 5.82 Å². The zero-order chi connectivity index (χ0) is 21.9. The fraction of sp³-hybridized carbons (Fsp3) is 0.700. The predicted octanol–water partition coefficient (Wildman–Crippen LogP) is 2.89. The molecule has 160 valence electrons. The van der Waals surface area contributed by atoms with Crippen molar-refractivity contribution in [2.75, 3.05) is 25.9 Å². The van der Waals surface area contributed by atoms with Gasteiger partial charge in [-0.15, -0.1) is 0 Å². The van der Waals surface area contributed by atoms with Gasteiger partial charge in [-0.25, -0.2) is 9.97 Å². The van der Waals surface area contributed by atoms with Crippen molar-refractivity contribution in [2.45, 2.75) is 59.9 Å². The van der Waals surface area contributed by atoms with Crippen LogP contribution in [0.25, 0.3) is 0 Å². The SMILES string of the molecule is C=O.CCN(CCC(CCc1c(N)nc(C)nc1Cl)C(C)C)C(=O)C(C)NC. The molecule has 0 spiro atoms. The van der Waals surface area contributed by atoms with Gasteiger partial charge >= 0.3 is 0 Å². The maximum atomic E-state index is 12.4. The first kappa shape index (κ1) is 26.3. The number of halogens is 1. The molecular weight excluding hydrogens is 378 g/mol. The number of nitrogens with one attached hydrogen (secondary N) is 1. The third-order valence-electron chi connectivity index (χ3n) is 5.08. The third kappa shape index (κ3) is 8.10. The van der Waals surface area contributed by atoms with Crippen LogP contribution >= 0.6 is 11.6 Å². The molecule has 8 heteroatoms. The molecule has 0 aliphatic carbocycles. The molecule has 2 atom stereocenters. The number of aromatic nitrogens is 2. The fourth-order valence-corrected chi connectivity index (χ4v) is 3.41. The molecule has 1 heterocycles. The number of anilines is 1. The first-order chi connectivity index (χ1) is 13.2. The second-order valence-electron chi connectivity index (χ2n) is 7.19. The molecule has 0 saturated heterocycles. The highest BCUT2D eigenvalue weighted by Gasteiger charge is 2.21. The molecule has 28 heavy (non-hydrogen) atoms. The van der Waals surface area contributed by atoms with Crippen molar-refractivity contribution in [3.05, 3.63) is 16.5 Å². The minimum absolute atomic E-state index is 0.150. The molecule has 1 aromatic rings. The first-order valence-electron chi connectivity index (χ1n) is 9.74. The van der Waals surface area contributed by atoms with Crippen LogP contribution in [-0.2, 0) is 16.0 Å². The molecule has 1 rings (SSSR count). The number of carbonyl (C=O) groups excluding carboxylic acids is 2. The molecule has 3 N–H and O–H groups in total. The number of rotatable bonds is 10. The van der Waals surface area contributed by atoms with Crippen molar-refractivity contribution in [3.63, 3.8) is 0 Å². The Balaban J connectivity index is 0.00000352. The average molecular weight is 414 g/mol. The van der Waals surface area contributed by atoms with Gasteiger partial charge in [-0.3, -0.25) is 4.79 Å². The quantitative estimate of drug-likeness (QED) is 0.572. The molecule has 0 bridgehead atoms. The van der Waals surface area contributed by atoms with E-state index in [9.17, 15) is 4.79 Å². The van der Waals surface area contributed by atoms with Gasteiger partial charge in [0.15, 0.2) is 0 Å². The minimum atomic E-state index is -0.157. The molecular formula is C20H36ClN5O2. The Labute approximate surface area is 174 Å². The third-order valence-corrected chi connectivity index (χ3v) is 5.39. The smallest absolute Gasteiger partial charge is 0.239 e. The van der Waals surface area contributed by atoms with Crippen LogP contribution in [0.3, 0.4) is 0 Å². The zero-order valence-corrected chi connectivity index (χ0v) is 18.8. The molecule has 0 fully saturated rings. The van der Waals surface area contributed by atoms with Crippen molar-refractivity contribution in [2.24, 2.45) is 11.8 Å². The van der Waals surface area contributed by atoms with Gasteiger partial charge in [0, 0.05) is 18.7 Å². The molecule has 0 aliphatic rings. The van der Waals surface area contributed by atoms with E-state index in [0.29, 0.717) is 28.6 Å². The molecule has 0 saturated carbocycles. The van der Waals surface area contributed by atoms with Crippen molar-refractivity contribution >= 4 is 30.1 Å². The first-order valence-corrected chi connectivity index (χ1v) is 10.1. The highest BCUT2D eigenvalue weighted by atomic mass is 35.5. The fourth-order valence-electron chi connectivity index (χ4n) is 3.10. The summed E-state index contributed by atoms with van der Waals surface area (Å²) in [5.41, 5.74) is 6.85. The molecule has 0 aromatic carbocycles. The van der Waals surface area contributed by atoms with E-state index in [2.05, 4.69) is 29.1 Å². The number of hydrogen-bond acceptors (Lipinski definition) is 6. The van der Waals surface area contributed by atoms with Crippen molar-refractivity contribution < 1.29 is 9.59 Å². The average Bonchev–Trinajstić information content (AvgIpc) is 2.66. The second-order valence-corrected chi connectivity index (χ2v) is 7.54. The van der Waals surface area contributed by atoms with E-state index < -0.39 is 0 Å². The van der Waals surface area contributed by atoms with Gasteiger partial charge in [-0.2, -0.15) is 0 Å². The maximum Gasteiger partial charge on any atom is 0.239 e. The summed E-state index contributed by atoms with van der Waals surface area (Å²) in [4.78, 5) is 30.8. The lowest BCUT2D eigenvalue weighted by Crippen LogP contribution is -2.44. The van der Waals surface area contributed by atoms with Gasteiger partial charge in [-0.1, -0.05) is 25.4 Å². The van der Waals surface area contributed by atoms with E-state index in [1.54, 1.807) is 6.92 Å². The van der Waals surface area contributed by atoms with Crippen LogP contribution in [0.15, 0.2) is 0 Å². The van der Waals surface area contributed by atoms with E-state index in [1.807, 2.05) is 32.6 Å². The van der Waals surface area contributed by atoms with Crippen LogP contribution < -0.4 is 11.1 Å². The van der Waals surface area contributed by atoms with E-state index in [0.717, 1.165) is 37.9 Å². The molecule has 1 amide bonds. The summed E-state index contributed by atoms with van der Waals surface area (Å²) >= 11 is 6.25. The van der Waals surface area contributed by atoms with Crippen molar-refractivity contribution in [3.8, 4) is 0 Å². The Morgan fingerprint density at radius 3 is 2.32 bits per heavy atom. The lowest BCUT2D eigenvalue weighted by atomic mass is 9.87. The lowest BCUT2D eigenvalue weighted by Gasteiger charge is -2.28. The molecule has 2 unspecified atom stereocenters. The molecule has 0 aliphatic heterocycles. The van der Waals surface area contributed by atoms with Gasteiger partial charge in [0.05, 0.1) is 6.04 Å². The molecule has 1 aromatic heterocycles. The van der Waals surface area contributed by atoms with Crippen LogP contribution in [0.5, 0.6) is 0 Å². The standard InChI is InChI=1S/C19H34ClN5O.CH2O/c1-7-25(19(26)13(4)22-6)11-10-15(12(2)3)8-9-16-17(20)23-14(5)24-18(16)21;1-2/h12-13,15,22H,7-11H2,1-6H3,(H2,21,23,24);1H2. The number of nitrogen functional groups attached to an aromatic ring is 1. The van der Waals surface area contributed by atoms with Crippen molar-refractivity contribution in [1.82, 2.24) is 20.2 Å². The summed E-state index contributed by atoms with van der Waals surface area (Å²) < 4.78 is 0. The number of aryl methyl sites for hydroxylation is 1. The highest BCUT2D eigenvalue weighted by molar-refractivity contribution is 6.30. The summed E-state index contributed by atoms with van der Waals surface area (Å²) in [6.07, 6.45) is 2.65. The second kappa shape index (κ2) is 13.4. The topological polar surface area (TPSA) is 101 Å². The Morgan fingerprint density at radius 1 is 1.25 bits per heavy atom. The van der Waals surface area contributed by atoms with E-state index in [4.69, 9.17) is 22.1 Å². The van der Waals surface area contributed by atoms with Crippen LogP contribution in [0.1, 0.15) is 51.9 Å². The summed E-state index contributed by atoms with van der Waals surface area (Å²) in [7, 11) is 1.81. The summed E-state index contributed by atoms with van der Waals surface area (Å²) in [5.74, 6) is 2.19. The van der Waals surface area contributed by atoms with Gasteiger partial charge in [0.1, 0.15) is 23.6 Å². The Kier molecular flexibility index (Phi) is 12.6. The number of nitrogens with two attached hydrogens (primary N) is 1. The number of carbonyl (C=O) groups is 2. The van der Waals surface area contributed by atoms with Gasteiger partial charge in [0.2, 0.25) is 5.91 Å². The van der Waals surface area contributed by atoms with Crippen LogP contribution in [0, 0.1) is 18.8 Å². The zero-order valence-electron chi connectivity index (χ0n) is 18.1. The Hall–Kier alpha value is -1.73. The van der Waals surface area contributed by atoms with Crippen molar-refractivity contribution in [1.29, 1.82) is 0 Å². The lowest BCUT2D eigenvalue weighted by molar-refractivity contribution is -0.133. The number of likely N-dealkylation sites (N-methyl/N-ethyl adjacent to an activating group) is 2. The van der Waals surface area contributed by atoms with Gasteiger partial charge < -0.3 is 20.7 Å². The van der Waals surface area contributed by atoms with Gasteiger partial charge in [0.25, 0.3) is 0 Å². The van der Waals surface area contributed by atoms with Crippen LogP contribution in [0.2, 0.25) is 5.15 Å². The number of nitrogens with zero attached hydrogens (tertiary/aromatic N) is 3. The Bertz CT molecular complexity index is 589. The Morgan fingerprint density at radius 2 is 1.86 bits per heavy atom. The van der Waals surface area contributed by atoms with E-state index in [1.165, 1.54) is 0 Å². The summed E-state index contributed by atoms with van der Waals surface area (Å²) in [5, 5.41) is 3.47. The highest BCUT2D eigenvalue weighted by Crippen LogP contribution is 2.26. The molecule has 7 nitrogen and oxygen atoms in total. The van der Waals surface area contributed by atoms with Crippen LogP contribution in [-0.4, -0.2) is 53.7 Å². The van der Waals surface area contributed by atoms with E-state index >= 15 is 0 Å². The monoisotopic (exact) mass is 413 g/mol. The van der Waals surface area contributed by atoms with Gasteiger partial charge in [-0.05, 0) is 58.9 Å². The normalized spacial score (nSPS) is 12.9. The van der Waals surface area contributed by atoms with E-state index in [-0.39, 0.29) is 11.9 Å². The number of amides is 1. The summed E-state index contributed by atoms with van der Waals surface area (Å²) in [6.45, 7) is 13.6.